The molecule has 0 fully saturated rings. The number of carboxylic acids is 1. The van der Waals surface area contributed by atoms with Crippen LogP contribution in [-0.4, -0.2) is 23.0 Å². The van der Waals surface area contributed by atoms with Gasteiger partial charge >= 0.3 is 5.97 Å². The minimum atomic E-state index is -0.958. The van der Waals surface area contributed by atoms with Crippen molar-refractivity contribution in [2.45, 2.75) is 60.4 Å². The predicted molar refractivity (Wildman–Crippen MR) is 72.3 cm³/mol. The molecule has 18 heavy (non-hydrogen) atoms. The van der Waals surface area contributed by atoms with E-state index in [2.05, 4.69) is 26.1 Å². The summed E-state index contributed by atoms with van der Waals surface area (Å²) >= 11 is 0. The molecule has 0 spiro atoms. The molecule has 0 bridgehead atoms. The van der Waals surface area contributed by atoms with Crippen molar-refractivity contribution in [2.75, 3.05) is 0 Å². The second-order valence-electron chi connectivity index (χ2n) is 6.56. The van der Waals surface area contributed by atoms with Crippen LogP contribution in [0.5, 0.6) is 0 Å². The fourth-order valence-corrected chi connectivity index (χ4v) is 1.53. The van der Waals surface area contributed by atoms with Crippen molar-refractivity contribution in [1.29, 1.82) is 0 Å². The molecule has 2 N–H and O–H groups in total. The second-order valence-corrected chi connectivity index (χ2v) is 6.56. The highest BCUT2D eigenvalue weighted by Gasteiger charge is 2.25. The Balaban J connectivity index is 4.39. The molecule has 1 amide bonds. The quantitative estimate of drug-likeness (QED) is 0.768. The van der Waals surface area contributed by atoms with Gasteiger partial charge in [0.05, 0.1) is 0 Å². The second kappa shape index (κ2) is 6.76. The molecule has 0 aromatic rings. The lowest BCUT2D eigenvalue weighted by Gasteiger charge is -2.27. The van der Waals surface area contributed by atoms with E-state index in [0.29, 0.717) is 12.8 Å². The Hall–Kier alpha value is -1.06. The number of carbonyl (C=O) groups excluding carboxylic acids is 1. The van der Waals surface area contributed by atoms with Crippen LogP contribution in [0.25, 0.3) is 0 Å². The summed E-state index contributed by atoms with van der Waals surface area (Å²) in [7, 11) is 0. The first-order chi connectivity index (χ1) is 8.04. The van der Waals surface area contributed by atoms with Gasteiger partial charge in [0.2, 0.25) is 5.91 Å². The van der Waals surface area contributed by atoms with E-state index < -0.39 is 12.0 Å². The van der Waals surface area contributed by atoms with Crippen molar-refractivity contribution in [3.63, 3.8) is 0 Å². The molecule has 0 rings (SSSR count). The summed E-state index contributed by atoms with van der Waals surface area (Å²) in [6.45, 7) is 12.1. The first-order valence-electron chi connectivity index (χ1n) is 6.56. The number of hydrogen-bond acceptors (Lipinski definition) is 2. The molecule has 2 atom stereocenters. The Kier molecular flexibility index (Phi) is 6.36. The number of amides is 1. The zero-order chi connectivity index (χ0) is 14.5. The van der Waals surface area contributed by atoms with Crippen LogP contribution in [0.2, 0.25) is 0 Å². The summed E-state index contributed by atoms with van der Waals surface area (Å²) in [4.78, 5) is 22.9. The fourth-order valence-electron chi connectivity index (χ4n) is 1.53. The molecule has 0 aliphatic carbocycles. The van der Waals surface area contributed by atoms with Crippen LogP contribution < -0.4 is 5.32 Å². The fraction of sp³-hybridized carbons (Fsp3) is 0.857. The zero-order valence-corrected chi connectivity index (χ0v) is 12.4. The summed E-state index contributed by atoms with van der Waals surface area (Å²) in [6, 6.07) is -0.773. The number of aliphatic carboxylic acids is 1. The SMILES string of the molecule is CC(C)C[C@@H](NC(=O)CC(C)C(C)(C)C)C(=O)O. The highest BCUT2D eigenvalue weighted by molar-refractivity contribution is 5.83. The van der Waals surface area contributed by atoms with Crippen molar-refractivity contribution < 1.29 is 14.7 Å². The van der Waals surface area contributed by atoms with E-state index in [1.165, 1.54) is 0 Å². The van der Waals surface area contributed by atoms with Crippen LogP contribution in [0.15, 0.2) is 0 Å². The van der Waals surface area contributed by atoms with Gasteiger partial charge in [-0.15, -0.1) is 0 Å². The minimum Gasteiger partial charge on any atom is -0.480 e. The van der Waals surface area contributed by atoms with E-state index in [1.54, 1.807) is 0 Å². The Morgan fingerprint density at radius 3 is 2.00 bits per heavy atom. The number of hydrogen-bond donors (Lipinski definition) is 2. The van der Waals surface area contributed by atoms with Gasteiger partial charge in [-0.2, -0.15) is 0 Å². The minimum absolute atomic E-state index is 0.0497. The molecule has 4 nitrogen and oxygen atoms in total. The van der Waals surface area contributed by atoms with Gasteiger partial charge in [-0.1, -0.05) is 41.5 Å². The third-order valence-electron chi connectivity index (χ3n) is 3.31. The van der Waals surface area contributed by atoms with Crippen LogP contribution in [0.3, 0.4) is 0 Å². The smallest absolute Gasteiger partial charge is 0.326 e. The lowest BCUT2D eigenvalue weighted by atomic mass is 9.80. The van der Waals surface area contributed by atoms with Gasteiger partial charge < -0.3 is 10.4 Å². The van der Waals surface area contributed by atoms with Crippen molar-refractivity contribution in [3.05, 3.63) is 0 Å². The lowest BCUT2D eigenvalue weighted by Crippen LogP contribution is -2.42. The van der Waals surface area contributed by atoms with E-state index in [9.17, 15) is 9.59 Å². The number of rotatable bonds is 6. The summed E-state index contributed by atoms with van der Waals surface area (Å²) in [5, 5.41) is 11.7. The molecule has 0 saturated heterocycles. The van der Waals surface area contributed by atoms with E-state index in [0.717, 1.165) is 0 Å². The monoisotopic (exact) mass is 257 g/mol. The van der Waals surface area contributed by atoms with E-state index >= 15 is 0 Å². The maximum atomic E-state index is 11.8. The summed E-state index contributed by atoms with van der Waals surface area (Å²) in [5.41, 5.74) is 0.0497. The first kappa shape index (κ1) is 16.9. The van der Waals surface area contributed by atoms with Gasteiger partial charge in [0, 0.05) is 6.42 Å². The topological polar surface area (TPSA) is 66.4 Å². The third kappa shape index (κ3) is 6.62. The van der Waals surface area contributed by atoms with E-state index in [4.69, 9.17) is 5.11 Å². The van der Waals surface area contributed by atoms with Crippen LogP contribution in [0.4, 0.5) is 0 Å². The maximum absolute atomic E-state index is 11.8. The van der Waals surface area contributed by atoms with Crippen molar-refractivity contribution in [3.8, 4) is 0 Å². The zero-order valence-electron chi connectivity index (χ0n) is 12.4. The molecule has 106 valence electrons. The van der Waals surface area contributed by atoms with Crippen LogP contribution in [0, 0.1) is 17.3 Å². The maximum Gasteiger partial charge on any atom is 0.326 e. The summed E-state index contributed by atoms with van der Waals surface area (Å²) in [5.74, 6) is -0.677. The summed E-state index contributed by atoms with van der Waals surface area (Å²) in [6.07, 6.45) is 0.830. The highest BCUT2D eigenvalue weighted by atomic mass is 16.4. The van der Waals surface area contributed by atoms with Crippen molar-refractivity contribution >= 4 is 11.9 Å². The normalized spacial score (nSPS) is 15.3. The van der Waals surface area contributed by atoms with Crippen molar-refractivity contribution in [1.82, 2.24) is 5.32 Å². The molecule has 0 aliphatic heterocycles. The Morgan fingerprint density at radius 1 is 1.17 bits per heavy atom. The number of carbonyl (C=O) groups is 2. The number of carboxylic acid groups (broad SMARTS) is 1. The molecule has 0 aromatic heterocycles. The Labute approximate surface area is 110 Å². The lowest BCUT2D eigenvalue weighted by molar-refractivity contribution is -0.142. The third-order valence-corrected chi connectivity index (χ3v) is 3.31. The van der Waals surface area contributed by atoms with Gasteiger partial charge in [-0.25, -0.2) is 4.79 Å². The van der Waals surface area contributed by atoms with E-state index in [-0.39, 0.29) is 23.2 Å². The van der Waals surface area contributed by atoms with Gasteiger partial charge in [0.15, 0.2) is 0 Å². The van der Waals surface area contributed by atoms with Crippen molar-refractivity contribution in [2.24, 2.45) is 17.3 Å². The molecule has 0 saturated carbocycles. The van der Waals surface area contributed by atoms with Crippen LogP contribution in [0.1, 0.15) is 54.4 Å². The average molecular weight is 257 g/mol. The standard InChI is InChI=1S/C14H27NO3/c1-9(2)7-11(13(17)18)15-12(16)8-10(3)14(4,5)6/h9-11H,7-8H2,1-6H3,(H,15,16)(H,17,18)/t10?,11-/m1/s1. The molecule has 0 aromatic carbocycles. The first-order valence-corrected chi connectivity index (χ1v) is 6.56. The Morgan fingerprint density at radius 2 is 1.67 bits per heavy atom. The Bertz CT molecular complexity index is 292. The summed E-state index contributed by atoms with van der Waals surface area (Å²) < 4.78 is 0. The molecule has 0 heterocycles. The molecule has 4 heteroatoms. The average Bonchev–Trinajstić information content (AvgIpc) is 2.13. The van der Waals surface area contributed by atoms with Crippen LogP contribution >= 0.6 is 0 Å². The largest absolute Gasteiger partial charge is 0.480 e. The van der Waals surface area contributed by atoms with E-state index in [1.807, 2.05) is 20.8 Å². The van der Waals surface area contributed by atoms with Gasteiger partial charge in [-0.3, -0.25) is 4.79 Å². The van der Waals surface area contributed by atoms with Gasteiger partial charge in [-0.05, 0) is 23.7 Å². The predicted octanol–water partition coefficient (Wildman–Crippen LogP) is 2.67. The van der Waals surface area contributed by atoms with Crippen LogP contribution in [-0.2, 0) is 9.59 Å². The molecule has 0 radical (unpaired) electrons. The van der Waals surface area contributed by atoms with Gasteiger partial charge in [0.1, 0.15) is 6.04 Å². The number of nitrogens with one attached hydrogen (secondary N) is 1. The molecular weight excluding hydrogens is 230 g/mol. The highest BCUT2D eigenvalue weighted by Crippen LogP contribution is 2.27. The molecule has 1 unspecified atom stereocenters. The molecule has 0 aliphatic rings. The van der Waals surface area contributed by atoms with Gasteiger partial charge in [0.25, 0.3) is 0 Å². The molecular formula is C14H27NO3.